The molecule has 1 aliphatic rings. The van der Waals surface area contributed by atoms with Crippen molar-refractivity contribution in [2.75, 3.05) is 19.6 Å². The minimum Gasteiger partial charge on any atom is -0.444 e. The molecule has 0 saturated carbocycles. The Kier molecular flexibility index (Phi) is 4.04. The normalized spacial score (nSPS) is 23.1. The highest BCUT2D eigenvalue weighted by Crippen LogP contribution is 2.32. The van der Waals surface area contributed by atoms with E-state index in [-0.39, 0.29) is 17.9 Å². The van der Waals surface area contributed by atoms with E-state index in [0.29, 0.717) is 19.6 Å². The smallest absolute Gasteiger partial charge is 0.410 e. The monoisotopic (exact) mass is 280 g/mol. The van der Waals surface area contributed by atoms with Crippen LogP contribution in [0.25, 0.3) is 0 Å². The topological polar surface area (TPSA) is 73.4 Å². The number of carbonyl (C=O) groups excluding carboxylic acids is 1. The maximum Gasteiger partial charge on any atom is 0.410 e. The highest BCUT2D eigenvalue weighted by atomic mass is 16.6. The van der Waals surface area contributed by atoms with Crippen molar-refractivity contribution in [3.63, 3.8) is 0 Å². The molecule has 6 nitrogen and oxygen atoms in total. The lowest BCUT2D eigenvalue weighted by atomic mass is 9.93. The summed E-state index contributed by atoms with van der Waals surface area (Å²) < 4.78 is 7.43. The van der Waals surface area contributed by atoms with Gasteiger partial charge in [0, 0.05) is 37.9 Å². The molecule has 112 valence electrons. The summed E-state index contributed by atoms with van der Waals surface area (Å²) >= 11 is 0. The average molecular weight is 280 g/mol. The van der Waals surface area contributed by atoms with E-state index < -0.39 is 5.60 Å². The van der Waals surface area contributed by atoms with Crippen LogP contribution in [0.3, 0.4) is 0 Å². The summed E-state index contributed by atoms with van der Waals surface area (Å²) in [5, 5.41) is 0. The Morgan fingerprint density at radius 1 is 1.50 bits per heavy atom. The lowest BCUT2D eigenvalue weighted by Crippen LogP contribution is -2.35. The predicted molar refractivity (Wildman–Crippen MR) is 76.3 cm³/mol. The van der Waals surface area contributed by atoms with Crippen LogP contribution in [-0.2, 0) is 11.8 Å². The number of hydrogen-bond donors (Lipinski definition) is 1. The molecule has 0 unspecified atom stereocenters. The summed E-state index contributed by atoms with van der Waals surface area (Å²) in [5.74, 6) is 0.470. The number of hydrogen-bond acceptors (Lipinski definition) is 4. The number of carbonyl (C=O) groups is 1. The second-order valence-electron chi connectivity index (χ2n) is 6.42. The van der Waals surface area contributed by atoms with Gasteiger partial charge in [0.2, 0.25) is 0 Å². The van der Waals surface area contributed by atoms with E-state index in [1.54, 1.807) is 11.2 Å². The van der Waals surface area contributed by atoms with Gasteiger partial charge in [-0.1, -0.05) is 0 Å². The molecular formula is C14H24N4O2. The molecule has 2 heterocycles. The van der Waals surface area contributed by atoms with Gasteiger partial charge in [0.25, 0.3) is 0 Å². The Morgan fingerprint density at radius 2 is 2.20 bits per heavy atom. The zero-order valence-corrected chi connectivity index (χ0v) is 12.7. The van der Waals surface area contributed by atoms with E-state index in [1.807, 2.05) is 38.6 Å². The largest absolute Gasteiger partial charge is 0.444 e. The molecular weight excluding hydrogens is 256 g/mol. The number of likely N-dealkylation sites (tertiary alicyclic amines) is 1. The van der Waals surface area contributed by atoms with Gasteiger partial charge in [-0.3, -0.25) is 0 Å². The number of aryl methyl sites for hydroxylation is 1. The van der Waals surface area contributed by atoms with Gasteiger partial charge in [-0.15, -0.1) is 0 Å². The maximum atomic E-state index is 12.2. The molecule has 1 fully saturated rings. The summed E-state index contributed by atoms with van der Waals surface area (Å²) in [6, 6.07) is 0. The van der Waals surface area contributed by atoms with Crippen LogP contribution in [0.4, 0.5) is 4.79 Å². The number of ether oxygens (including phenoxy) is 1. The van der Waals surface area contributed by atoms with Gasteiger partial charge >= 0.3 is 6.09 Å². The van der Waals surface area contributed by atoms with Crippen molar-refractivity contribution < 1.29 is 9.53 Å². The summed E-state index contributed by atoms with van der Waals surface area (Å²) in [6.07, 6.45) is 3.37. The molecule has 2 rings (SSSR count). The van der Waals surface area contributed by atoms with Gasteiger partial charge in [-0.2, -0.15) is 0 Å². The first-order chi connectivity index (χ1) is 9.31. The van der Waals surface area contributed by atoms with Crippen molar-refractivity contribution >= 4 is 6.09 Å². The predicted octanol–water partition coefficient (Wildman–Crippen LogP) is 1.33. The number of aromatic nitrogens is 2. The van der Waals surface area contributed by atoms with E-state index in [4.69, 9.17) is 10.5 Å². The van der Waals surface area contributed by atoms with Crippen molar-refractivity contribution in [2.24, 2.45) is 18.7 Å². The Morgan fingerprint density at radius 3 is 2.70 bits per heavy atom. The Labute approximate surface area is 119 Å². The second-order valence-corrected chi connectivity index (χ2v) is 6.42. The van der Waals surface area contributed by atoms with Crippen molar-refractivity contribution in [3.8, 4) is 0 Å². The molecule has 1 amide bonds. The van der Waals surface area contributed by atoms with E-state index in [2.05, 4.69) is 4.98 Å². The molecule has 1 aromatic heterocycles. The number of amides is 1. The van der Waals surface area contributed by atoms with E-state index in [1.165, 1.54) is 0 Å². The van der Waals surface area contributed by atoms with Crippen molar-refractivity contribution in [1.82, 2.24) is 14.5 Å². The van der Waals surface area contributed by atoms with Crippen molar-refractivity contribution in [2.45, 2.75) is 32.3 Å². The third kappa shape index (κ3) is 3.12. The molecule has 2 N–H and O–H groups in total. The molecule has 0 radical (unpaired) electrons. The molecule has 0 aromatic carbocycles. The molecule has 6 heteroatoms. The summed E-state index contributed by atoms with van der Waals surface area (Å²) in [5.41, 5.74) is 6.51. The second kappa shape index (κ2) is 5.44. The number of imidazole rings is 1. The first-order valence-electron chi connectivity index (χ1n) is 6.96. The van der Waals surface area contributed by atoms with E-state index in [9.17, 15) is 4.79 Å². The lowest BCUT2D eigenvalue weighted by Gasteiger charge is -2.24. The third-order valence-electron chi connectivity index (χ3n) is 3.63. The Balaban J connectivity index is 2.10. The van der Waals surface area contributed by atoms with Crippen molar-refractivity contribution in [1.29, 1.82) is 0 Å². The quantitative estimate of drug-likeness (QED) is 0.887. The maximum absolute atomic E-state index is 12.2. The SMILES string of the molecule is Cn1cncc1[C@H]1CN(C(=O)OC(C)(C)C)C[C@H]1CN. The fourth-order valence-electron chi connectivity index (χ4n) is 2.65. The van der Waals surface area contributed by atoms with Gasteiger partial charge in [0.15, 0.2) is 0 Å². The van der Waals surface area contributed by atoms with Gasteiger partial charge in [0.1, 0.15) is 5.60 Å². The molecule has 1 aromatic rings. The van der Waals surface area contributed by atoms with Crippen LogP contribution in [0.2, 0.25) is 0 Å². The van der Waals surface area contributed by atoms with E-state index in [0.717, 1.165) is 5.69 Å². The number of rotatable bonds is 2. The minimum absolute atomic E-state index is 0.222. The van der Waals surface area contributed by atoms with Crippen LogP contribution < -0.4 is 5.73 Å². The molecule has 20 heavy (non-hydrogen) atoms. The Bertz CT molecular complexity index is 478. The van der Waals surface area contributed by atoms with E-state index >= 15 is 0 Å². The van der Waals surface area contributed by atoms with Crippen LogP contribution in [0.5, 0.6) is 0 Å². The van der Waals surface area contributed by atoms with Gasteiger partial charge < -0.3 is 19.9 Å². The fourth-order valence-corrected chi connectivity index (χ4v) is 2.65. The summed E-state index contributed by atoms with van der Waals surface area (Å²) in [6.45, 7) is 7.45. The van der Waals surface area contributed by atoms with Crippen LogP contribution >= 0.6 is 0 Å². The molecule has 2 atom stereocenters. The first kappa shape index (κ1) is 14.8. The fraction of sp³-hybridized carbons (Fsp3) is 0.714. The molecule has 0 bridgehead atoms. The van der Waals surface area contributed by atoms with Crippen LogP contribution in [-0.4, -0.2) is 45.8 Å². The number of nitrogens with zero attached hydrogens (tertiary/aromatic N) is 3. The zero-order chi connectivity index (χ0) is 14.9. The van der Waals surface area contributed by atoms with Gasteiger partial charge in [-0.05, 0) is 33.2 Å². The third-order valence-corrected chi connectivity index (χ3v) is 3.63. The molecule has 0 aliphatic carbocycles. The standard InChI is InChI=1S/C14H24N4O2/c1-14(2,3)20-13(19)18-7-10(5-15)11(8-18)12-6-16-9-17(12)4/h6,9-11H,5,7-8,15H2,1-4H3/t10-,11+/m1/s1. The highest BCUT2D eigenvalue weighted by Gasteiger charge is 2.38. The van der Waals surface area contributed by atoms with Gasteiger partial charge in [0.05, 0.1) is 6.33 Å². The van der Waals surface area contributed by atoms with Gasteiger partial charge in [-0.25, -0.2) is 9.78 Å². The molecule has 0 spiro atoms. The van der Waals surface area contributed by atoms with Crippen molar-refractivity contribution in [3.05, 3.63) is 18.2 Å². The molecule has 1 saturated heterocycles. The minimum atomic E-state index is -0.472. The molecule has 1 aliphatic heterocycles. The highest BCUT2D eigenvalue weighted by molar-refractivity contribution is 5.68. The van der Waals surface area contributed by atoms with Crippen LogP contribution in [0.1, 0.15) is 32.4 Å². The average Bonchev–Trinajstić information content (AvgIpc) is 2.91. The first-order valence-corrected chi connectivity index (χ1v) is 6.96. The van der Waals surface area contributed by atoms with Crippen LogP contribution in [0, 0.1) is 5.92 Å². The van der Waals surface area contributed by atoms with Crippen LogP contribution in [0.15, 0.2) is 12.5 Å². The number of nitrogens with two attached hydrogens (primary N) is 1. The zero-order valence-electron chi connectivity index (χ0n) is 12.7. The Hall–Kier alpha value is -1.56. The lowest BCUT2D eigenvalue weighted by molar-refractivity contribution is 0.0287. The summed E-state index contributed by atoms with van der Waals surface area (Å²) in [7, 11) is 1.96. The summed E-state index contributed by atoms with van der Waals surface area (Å²) in [4.78, 5) is 18.1.